The maximum absolute atomic E-state index is 11.8. The van der Waals surface area contributed by atoms with Gasteiger partial charge in [-0.1, -0.05) is 36.3 Å². The average molecular weight is 254 g/mol. The highest BCUT2D eigenvalue weighted by Crippen LogP contribution is 2.48. The van der Waals surface area contributed by atoms with Crippen LogP contribution in [0.5, 0.6) is 0 Å². The number of hydrogen-bond acceptors (Lipinski definition) is 1. The molecule has 0 radical (unpaired) electrons. The molecule has 1 nitrogen and oxygen atoms in total. The van der Waals surface area contributed by atoms with E-state index in [1.165, 1.54) is 28.7 Å². The van der Waals surface area contributed by atoms with Gasteiger partial charge in [0.2, 0.25) is 0 Å². The summed E-state index contributed by atoms with van der Waals surface area (Å²) < 4.78 is 0. The van der Waals surface area contributed by atoms with Gasteiger partial charge < -0.3 is 0 Å². The smallest absolute Gasteiger partial charge is 0.155 e. The molecule has 2 aliphatic rings. The summed E-state index contributed by atoms with van der Waals surface area (Å²) in [5.74, 6) is 0.328. The second-order valence-corrected chi connectivity index (χ2v) is 6.09. The molecule has 3 rings (SSSR count). The number of ketones is 1. The topological polar surface area (TPSA) is 17.1 Å². The Morgan fingerprint density at radius 3 is 2.84 bits per heavy atom. The van der Waals surface area contributed by atoms with Gasteiger partial charge in [0.25, 0.3) is 0 Å². The van der Waals surface area contributed by atoms with E-state index in [1.54, 1.807) is 0 Å². The molecule has 1 aromatic rings. The van der Waals surface area contributed by atoms with E-state index >= 15 is 0 Å². The van der Waals surface area contributed by atoms with Crippen LogP contribution in [0.3, 0.4) is 0 Å². The summed E-state index contributed by atoms with van der Waals surface area (Å²) in [6.07, 6.45) is 8.22. The van der Waals surface area contributed by atoms with Crippen molar-refractivity contribution in [3.05, 3.63) is 46.5 Å². The summed E-state index contributed by atoms with van der Waals surface area (Å²) in [5.41, 5.74) is 5.91. The Balaban J connectivity index is 2.21. The van der Waals surface area contributed by atoms with Gasteiger partial charge in [0.1, 0.15) is 0 Å². The average Bonchev–Trinajstić information content (AvgIpc) is 2.55. The number of carbonyl (C=O) groups excluding carboxylic acids is 1. The molecule has 1 atom stereocenters. The first kappa shape index (κ1) is 12.7. The van der Waals surface area contributed by atoms with Gasteiger partial charge in [-0.3, -0.25) is 4.79 Å². The van der Waals surface area contributed by atoms with Crippen molar-refractivity contribution in [1.29, 1.82) is 0 Å². The molecule has 1 aromatic carbocycles. The van der Waals surface area contributed by atoms with Crippen LogP contribution in [-0.4, -0.2) is 5.78 Å². The van der Waals surface area contributed by atoms with Gasteiger partial charge in [-0.15, -0.1) is 0 Å². The summed E-state index contributed by atoms with van der Waals surface area (Å²) >= 11 is 0. The van der Waals surface area contributed by atoms with E-state index in [2.05, 4.69) is 32.0 Å². The summed E-state index contributed by atoms with van der Waals surface area (Å²) in [7, 11) is 0. The lowest BCUT2D eigenvalue weighted by molar-refractivity contribution is -0.115. The maximum atomic E-state index is 11.8. The Labute approximate surface area is 115 Å². The predicted molar refractivity (Wildman–Crippen MR) is 78.4 cm³/mol. The van der Waals surface area contributed by atoms with Crippen molar-refractivity contribution < 1.29 is 4.79 Å². The van der Waals surface area contributed by atoms with E-state index < -0.39 is 0 Å². The Bertz CT molecular complexity index is 553. The molecular formula is C18H22O. The predicted octanol–water partition coefficient (Wildman–Crippen LogP) is 4.27. The normalized spacial score (nSPS) is 26.2. The molecule has 0 heterocycles. The Kier molecular flexibility index (Phi) is 3.08. The van der Waals surface area contributed by atoms with Crippen LogP contribution < -0.4 is 0 Å². The van der Waals surface area contributed by atoms with Crippen molar-refractivity contribution in [1.82, 2.24) is 0 Å². The van der Waals surface area contributed by atoms with Gasteiger partial charge in [-0.05, 0) is 56.2 Å². The van der Waals surface area contributed by atoms with E-state index in [9.17, 15) is 4.79 Å². The molecule has 0 fully saturated rings. The first-order valence-electron chi connectivity index (χ1n) is 7.49. The minimum absolute atomic E-state index is 0.146. The molecule has 0 aromatic heterocycles. The molecule has 100 valence electrons. The quantitative estimate of drug-likeness (QED) is 0.731. The van der Waals surface area contributed by atoms with Gasteiger partial charge in [-0.25, -0.2) is 0 Å². The number of allylic oxidation sites excluding steroid dienone is 2. The standard InChI is InChI=1S/C18H22O/c1-3-18-10-9-16(19)12-15(18)6-4-5-14-11-13(2)7-8-17(14)18/h7-8,11-12H,3-6,9-10H2,1-2H3. The van der Waals surface area contributed by atoms with E-state index in [0.29, 0.717) is 12.2 Å². The number of aryl methyl sites for hydroxylation is 2. The maximum Gasteiger partial charge on any atom is 0.155 e. The highest BCUT2D eigenvalue weighted by Gasteiger charge is 2.39. The molecule has 2 aliphatic carbocycles. The molecule has 0 aliphatic heterocycles. The molecule has 0 saturated carbocycles. The minimum atomic E-state index is 0.146. The molecule has 0 spiro atoms. The van der Waals surface area contributed by atoms with Gasteiger partial charge in [0, 0.05) is 11.8 Å². The largest absolute Gasteiger partial charge is 0.295 e. The zero-order chi connectivity index (χ0) is 13.5. The summed E-state index contributed by atoms with van der Waals surface area (Å²) in [5, 5.41) is 0. The second-order valence-electron chi connectivity index (χ2n) is 6.09. The summed E-state index contributed by atoms with van der Waals surface area (Å²) in [4.78, 5) is 11.8. The monoisotopic (exact) mass is 254 g/mol. The van der Waals surface area contributed by atoms with Crippen LogP contribution in [0.4, 0.5) is 0 Å². The van der Waals surface area contributed by atoms with Gasteiger partial charge in [0.05, 0.1) is 0 Å². The van der Waals surface area contributed by atoms with Crippen molar-refractivity contribution in [3.8, 4) is 0 Å². The van der Waals surface area contributed by atoms with Gasteiger partial charge in [0.15, 0.2) is 5.78 Å². The zero-order valence-electron chi connectivity index (χ0n) is 12.0. The molecular weight excluding hydrogens is 232 g/mol. The second kappa shape index (κ2) is 4.63. The lowest BCUT2D eigenvalue weighted by Crippen LogP contribution is -2.32. The van der Waals surface area contributed by atoms with Crippen LogP contribution in [0, 0.1) is 6.92 Å². The van der Waals surface area contributed by atoms with E-state index in [0.717, 1.165) is 25.7 Å². The molecule has 19 heavy (non-hydrogen) atoms. The van der Waals surface area contributed by atoms with E-state index in [1.807, 2.05) is 6.08 Å². The Morgan fingerprint density at radius 1 is 1.21 bits per heavy atom. The van der Waals surface area contributed by atoms with Crippen molar-refractivity contribution >= 4 is 5.78 Å². The highest BCUT2D eigenvalue weighted by molar-refractivity contribution is 5.92. The summed E-state index contributed by atoms with van der Waals surface area (Å²) in [6.45, 7) is 4.45. The van der Waals surface area contributed by atoms with Crippen LogP contribution in [0.2, 0.25) is 0 Å². The van der Waals surface area contributed by atoms with Gasteiger partial charge in [-0.2, -0.15) is 0 Å². The molecule has 0 saturated heterocycles. The van der Waals surface area contributed by atoms with Gasteiger partial charge >= 0.3 is 0 Å². The van der Waals surface area contributed by atoms with Crippen LogP contribution in [-0.2, 0) is 16.6 Å². The zero-order valence-corrected chi connectivity index (χ0v) is 12.0. The molecule has 0 amide bonds. The third-order valence-corrected chi connectivity index (χ3v) is 5.02. The highest BCUT2D eigenvalue weighted by atomic mass is 16.1. The number of rotatable bonds is 1. The van der Waals surface area contributed by atoms with E-state index in [4.69, 9.17) is 0 Å². The Morgan fingerprint density at radius 2 is 2.05 bits per heavy atom. The fraction of sp³-hybridized carbons (Fsp3) is 0.500. The fourth-order valence-electron chi connectivity index (χ4n) is 3.98. The van der Waals surface area contributed by atoms with Crippen molar-refractivity contribution in [2.45, 2.75) is 57.8 Å². The Hall–Kier alpha value is -1.37. The van der Waals surface area contributed by atoms with Crippen molar-refractivity contribution in [2.24, 2.45) is 0 Å². The van der Waals surface area contributed by atoms with Crippen LogP contribution in [0.25, 0.3) is 0 Å². The number of carbonyl (C=O) groups is 1. The van der Waals surface area contributed by atoms with Crippen molar-refractivity contribution in [3.63, 3.8) is 0 Å². The first-order valence-corrected chi connectivity index (χ1v) is 7.49. The minimum Gasteiger partial charge on any atom is -0.295 e. The number of hydrogen-bond donors (Lipinski definition) is 0. The van der Waals surface area contributed by atoms with Crippen LogP contribution in [0.15, 0.2) is 29.8 Å². The molecule has 1 unspecified atom stereocenters. The summed E-state index contributed by atoms with van der Waals surface area (Å²) in [6, 6.07) is 6.91. The lowest BCUT2D eigenvalue weighted by Gasteiger charge is -2.38. The van der Waals surface area contributed by atoms with E-state index in [-0.39, 0.29) is 5.41 Å². The fourth-order valence-corrected chi connectivity index (χ4v) is 3.98. The van der Waals surface area contributed by atoms with Crippen LogP contribution in [0.1, 0.15) is 55.7 Å². The molecule has 0 N–H and O–H groups in total. The lowest BCUT2D eigenvalue weighted by atomic mass is 9.65. The number of benzene rings is 1. The number of fused-ring (bicyclic) bond motifs is 3. The SMILES string of the molecule is CCC12CCC(=O)C=C1CCCc1cc(C)ccc12. The van der Waals surface area contributed by atoms with Crippen molar-refractivity contribution in [2.75, 3.05) is 0 Å². The third-order valence-electron chi connectivity index (χ3n) is 5.02. The molecule has 1 heteroatoms. The third kappa shape index (κ3) is 1.96. The molecule has 0 bridgehead atoms. The first-order chi connectivity index (χ1) is 9.15. The van der Waals surface area contributed by atoms with Crippen LogP contribution >= 0.6 is 0 Å².